The van der Waals surface area contributed by atoms with Crippen LogP contribution in [-0.4, -0.2) is 310 Å². The fraction of sp³-hybridized carbons (Fsp3) is 0.900. The summed E-state index contributed by atoms with van der Waals surface area (Å²) >= 11 is 0. The topological polar surface area (TPSA) is 282 Å². The third-order valence-electron chi connectivity index (χ3n) is 17.4. The van der Waals surface area contributed by atoms with Gasteiger partial charge in [-0.1, -0.05) is 0 Å². The third kappa shape index (κ3) is 43.8. The molecule has 28 nitrogen and oxygen atoms in total. The molecule has 554 valence electrons. The second-order valence-corrected chi connectivity index (χ2v) is 45.6. The van der Waals surface area contributed by atoms with Crippen LogP contribution >= 0.6 is 0 Å². The summed E-state index contributed by atoms with van der Waals surface area (Å²) in [5, 5.41) is 0. The second-order valence-electron chi connectivity index (χ2n) is 24.1. The van der Waals surface area contributed by atoms with E-state index in [-0.39, 0.29) is 117 Å². The Labute approximate surface area is 570 Å². The van der Waals surface area contributed by atoms with Crippen molar-refractivity contribution in [3.63, 3.8) is 0 Å². The molecule has 34 heteroatoms. The zero-order chi connectivity index (χ0) is 71.0. The van der Waals surface area contributed by atoms with Crippen LogP contribution in [0.2, 0.25) is 75.5 Å². The lowest BCUT2D eigenvalue weighted by Crippen LogP contribution is -2.45. The molecule has 0 unspecified atom stereocenters. The van der Waals surface area contributed by atoms with Gasteiger partial charge in [0.15, 0.2) is 0 Å². The Kier molecular flexibility index (Phi) is 51.1. The largest absolute Gasteiger partial charge is 0.466 e. The van der Waals surface area contributed by atoms with Gasteiger partial charge >= 0.3 is 87.2 Å². The molecule has 0 bridgehead atoms. The van der Waals surface area contributed by atoms with Gasteiger partial charge in [0, 0.05) is 164 Å². The average Bonchev–Trinajstić information content (AvgIpc) is 2.34. The Morgan fingerprint density at radius 2 is 0.330 bits per heavy atom. The molecule has 0 heterocycles. The monoisotopic (exact) mass is 1450 g/mol. The summed E-state index contributed by atoms with van der Waals surface area (Å²) in [6.45, 7) is 17.0. The summed E-state index contributed by atoms with van der Waals surface area (Å²) in [4.78, 5) is 88.4. The first kappa shape index (κ1) is 91.5. The molecule has 0 N–H and O–H groups in total. The zero-order valence-corrected chi connectivity index (χ0v) is 67.0. The molecule has 0 aliphatic rings. The Bertz CT molecular complexity index is 1690. The standard InChI is InChI=1S/C60H126N4O24Si6/c1-71-89(13,72-2)49-19-43-83-55(65)25-31-61(32-26-56(66)84-44-20-50-90(14,73-3)74-4)37-40-64(41-38-62(33-27-57(67)85-45-21-51-91(15,75-5)76-6)34-28-58(68)86-46-22-52-92(16,77-7)78-8)42-39-63(35-29-59(69)87-47-23-53-93(17,79-9)80-10)36-30-60(70)88-48-24-54-94(18,81-11)82-12/h19-54H2,1-18H3. The number of carbonyl (C=O) groups excluding carboxylic acids is 6. The first-order valence-electron chi connectivity index (χ1n) is 33.1. The molecule has 0 spiro atoms. The van der Waals surface area contributed by atoms with E-state index in [9.17, 15) is 28.8 Å². The highest BCUT2D eigenvalue weighted by Gasteiger charge is 2.33. The predicted octanol–water partition coefficient (Wildman–Crippen LogP) is 6.32. The lowest BCUT2D eigenvalue weighted by molar-refractivity contribution is -0.146. The number of esters is 6. The molecule has 0 amide bonds. The minimum absolute atomic E-state index is 0.0512. The number of hydrogen-bond donors (Lipinski definition) is 0. The molecule has 0 aliphatic carbocycles. The average molecular weight is 1460 g/mol. The number of hydrogen-bond acceptors (Lipinski definition) is 28. The van der Waals surface area contributed by atoms with Crippen molar-refractivity contribution in [3.8, 4) is 0 Å². The zero-order valence-electron chi connectivity index (χ0n) is 61.0. The van der Waals surface area contributed by atoms with Crippen LogP contribution in [0.5, 0.6) is 0 Å². The number of nitrogens with zero attached hydrogens (tertiary/aromatic N) is 4. The van der Waals surface area contributed by atoms with Gasteiger partial charge < -0.3 is 96.2 Å². The van der Waals surface area contributed by atoms with E-state index in [1.807, 2.05) is 54.0 Å². The van der Waals surface area contributed by atoms with Crippen LogP contribution in [0.3, 0.4) is 0 Å². The predicted molar refractivity (Wildman–Crippen MR) is 370 cm³/mol. The SMILES string of the molecule is CO[Si](C)(CCCOC(=O)CCN(CCC(=O)OCCC[Si](C)(OC)OC)CCN(CCN(CCC(=O)OCCC[Si](C)(OC)OC)CCC(=O)OCCC[Si](C)(OC)OC)CCN(CCC(=O)OCCC[Si](C)(OC)OC)CCC(=O)OCCC[Si](C)(OC)OC)OC. The molecular weight excluding hydrogens is 1330 g/mol. The van der Waals surface area contributed by atoms with Crippen molar-refractivity contribution in [1.29, 1.82) is 0 Å². The van der Waals surface area contributed by atoms with Gasteiger partial charge in [-0.25, -0.2) is 0 Å². The Morgan fingerprint density at radius 1 is 0.213 bits per heavy atom. The maximum Gasteiger partial charge on any atom is 0.334 e. The van der Waals surface area contributed by atoms with Gasteiger partial charge in [-0.2, -0.15) is 0 Å². The molecule has 0 rings (SSSR count). The van der Waals surface area contributed by atoms with E-state index in [2.05, 4.69) is 4.90 Å². The molecule has 0 aromatic rings. The molecule has 0 saturated carbocycles. The molecule has 0 saturated heterocycles. The molecule has 0 atom stereocenters. The van der Waals surface area contributed by atoms with E-state index in [4.69, 9.17) is 81.5 Å². The Balaban J connectivity index is 7.16. The smallest absolute Gasteiger partial charge is 0.334 e. The summed E-state index contributed by atoms with van der Waals surface area (Å²) in [7, 11) is 5.20. The molecule has 0 fully saturated rings. The number of ether oxygens (including phenoxy) is 6. The maximum absolute atomic E-state index is 13.3. The summed E-state index contributed by atoms with van der Waals surface area (Å²) < 4.78 is 101. The maximum atomic E-state index is 13.3. The first-order chi connectivity index (χ1) is 44.6. The minimum Gasteiger partial charge on any atom is -0.466 e. The quantitative estimate of drug-likeness (QED) is 0.0278. The van der Waals surface area contributed by atoms with Crippen LogP contribution in [-0.2, 0) is 110 Å². The molecule has 0 aromatic carbocycles. The molecule has 0 aliphatic heterocycles. The van der Waals surface area contributed by atoms with Gasteiger partial charge in [0.2, 0.25) is 0 Å². The van der Waals surface area contributed by atoms with Crippen molar-refractivity contribution in [3.05, 3.63) is 0 Å². The van der Waals surface area contributed by atoms with E-state index in [0.29, 0.717) is 114 Å². The molecule has 0 aromatic heterocycles. The number of rotatable bonds is 63. The van der Waals surface area contributed by atoms with Gasteiger partial charge in [0.1, 0.15) is 0 Å². The lowest BCUT2D eigenvalue weighted by Gasteiger charge is -2.32. The summed E-state index contributed by atoms with van der Waals surface area (Å²) in [6.07, 6.45) is 3.72. The summed E-state index contributed by atoms with van der Waals surface area (Å²) in [6, 6.07) is 3.84. The highest BCUT2D eigenvalue weighted by atomic mass is 28.4. The fourth-order valence-corrected chi connectivity index (χ4v) is 17.5. The summed E-state index contributed by atoms with van der Waals surface area (Å²) in [5.74, 6) is -2.35. The number of carbonyl (C=O) groups is 6. The van der Waals surface area contributed by atoms with Crippen LogP contribution in [0.15, 0.2) is 0 Å². The van der Waals surface area contributed by atoms with Crippen LogP contribution in [0.25, 0.3) is 0 Å². The van der Waals surface area contributed by atoms with Gasteiger partial charge in [0.25, 0.3) is 0 Å². The van der Waals surface area contributed by atoms with Gasteiger partial charge in [-0.05, 0) is 114 Å². The Hall–Kier alpha value is -2.52. The highest BCUT2D eigenvalue weighted by molar-refractivity contribution is 6.67. The second kappa shape index (κ2) is 52.5. The van der Waals surface area contributed by atoms with Gasteiger partial charge in [0.05, 0.1) is 78.2 Å². The van der Waals surface area contributed by atoms with Crippen molar-refractivity contribution >= 4 is 87.2 Å². The van der Waals surface area contributed by atoms with E-state index >= 15 is 0 Å². The highest BCUT2D eigenvalue weighted by Crippen LogP contribution is 2.19. The normalized spacial score (nSPS) is 12.7. The van der Waals surface area contributed by atoms with Crippen molar-refractivity contribution in [2.45, 2.75) is 153 Å². The van der Waals surface area contributed by atoms with E-state index in [1.54, 1.807) is 85.3 Å². The molecular formula is C60H126N4O24Si6. The fourth-order valence-electron chi connectivity index (χ4n) is 9.32. The summed E-state index contributed by atoms with van der Waals surface area (Å²) in [5.41, 5.74) is 0. The van der Waals surface area contributed by atoms with Crippen LogP contribution in [0.1, 0.15) is 77.0 Å². The lowest BCUT2D eigenvalue weighted by atomic mass is 10.2. The van der Waals surface area contributed by atoms with Crippen LogP contribution in [0.4, 0.5) is 0 Å². The van der Waals surface area contributed by atoms with E-state index in [0.717, 1.165) is 0 Å². The van der Waals surface area contributed by atoms with Gasteiger partial charge in [-0.15, -0.1) is 0 Å². The third-order valence-corrected chi connectivity index (χ3v) is 35.3. The van der Waals surface area contributed by atoms with Crippen molar-refractivity contribution in [2.75, 3.05) is 203 Å². The minimum atomic E-state index is -2.37. The van der Waals surface area contributed by atoms with Crippen LogP contribution in [0, 0.1) is 0 Å². The van der Waals surface area contributed by atoms with Crippen molar-refractivity contribution in [1.82, 2.24) is 19.6 Å². The van der Waals surface area contributed by atoms with Gasteiger partial charge in [-0.3, -0.25) is 33.7 Å². The van der Waals surface area contributed by atoms with E-state index in [1.165, 1.54) is 0 Å². The van der Waals surface area contributed by atoms with E-state index < -0.39 is 87.2 Å². The Morgan fingerprint density at radius 3 is 0.447 bits per heavy atom. The first-order valence-corrected chi connectivity index (χ1v) is 48.2. The van der Waals surface area contributed by atoms with Crippen LogP contribution < -0.4 is 0 Å². The van der Waals surface area contributed by atoms with Crippen molar-refractivity contribution < 1.29 is 110 Å². The molecule has 94 heavy (non-hydrogen) atoms. The molecule has 0 radical (unpaired) electrons. The van der Waals surface area contributed by atoms with Crippen molar-refractivity contribution in [2.24, 2.45) is 0 Å².